The predicted octanol–water partition coefficient (Wildman–Crippen LogP) is 2.30. The summed E-state index contributed by atoms with van der Waals surface area (Å²) in [4.78, 5) is 2.20. The molecule has 0 aromatic heterocycles. The highest BCUT2D eigenvalue weighted by molar-refractivity contribution is 5.35. The summed E-state index contributed by atoms with van der Waals surface area (Å²) in [6.45, 7) is 4.32. The van der Waals surface area contributed by atoms with Crippen LogP contribution in [0.3, 0.4) is 0 Å². The van der Waals surface area contributed by atoms with Crippen LogP contribution in [0.15, 0.2) is 24.3 Å². The van der Waals surface area contributed by atoms with E-state index < -0.39 is 0 Å². The Bertz CT molecular complexity index is 326. The Balaban J connectivity index is 2.43. The molecule has 1 rings (SSSR count). The average molecular weight is 236 g/mol. The second-order valence-electron chi connectivity index (χ2n) is 4.57. The van der Waals surface area contributed by atoms with Gasteiger partial charge >= 0.3 is 0 Å². The highest BCUT2D eigenvalue weighted by Crippen LogP contribution is 2.23. The van der Waals surface area contributed by atoms with E-state index in [1.54, 1.807) is 7.11 Å². The SMILES string of the molecule is COc1ccccc1[C@@H](C)NCCCN(C)C. The summed E-state index contributed by atoms with van der Waals surface area (Å²) in [5, 5.41) is 3.52. The smallest absolute Gasteiger partial charge is 0.123 e. The molecule has 0 heterocycles. The van der Waals surface area contributed by atoms with Crippen molar-refractivity contribution in [2.45, 2.75) is 19.4 Å². The van der Waals surface area contributed by atoms with E-state index in [1.165, 1.54) is 5.56 Å². The molecule has 0 unspecified atom stereocenters. The van der Waals surface area contributed by atoms with Gasteiger partial charge in [0.25, 0.3) is 0 Å². The fourth-order valence-electron chi connectivity index (χ4n) is 1.85. The van der Waals surface area contributed by atoms with Crippen molar-refractivity contribution in [2.24, 2.45) is 0 Å². The van der Waals surface area contributed by atoms with Crippen LogP contribution in [0.1, 0.15) is 24.9 Å². The highest BCUT2D eigenvalue weighted by Gasteiger charge is 2.09. The maximum Gasteiger partial charge on any atom is 0.123 e. The van der Waals surface area contributed by atoms with Crippen molar-refractivity contribution in [3.05, 3.63) is 29.8 Å². The van der Waals surface area contributed by atoms with Crippen LogP contribution in [-0.2, 0) is 0 Å². The molecule has 0 spiro atoms. The molecule has 0 aliphatic heterocycles. The van der Waals surface area contributed by atoms with E-state index in [4.69, 9.17) is 4.74 Å². The summed E-state index contributed by atoms with van der Waals surface area (Å²) in [5.74, 6) is 0.958. The Hall–Kier alpha value is -1.06. The van der Waals surface area contributed by atoms with Gasteiger partial charge in [0.15, 0.2) is 0 Å². The van der Waals surface area contributed by atoms with E-state index in [0.29, 0.717) is 6.04 Å². The summed E-state index contributed by atoms with van der Waals surface area (Å²) in [6.07, 6.45) is 1.16. The van der Waals surface area contributed by atoms with Crippen molar-refractivity contribution in [1.82, 2.24) is 10.2 Å². The minimum Gasteiger partial charge on any atom is -0.496 e. The Morgan fingerprint density at radius 3 is 2.65 bits per heavy atom. The number of benzene rings is 1. The minimum absolute atomic E-state index is 0.327. The van der Waals surface area contributed by atoms with Gasteiger partial charge in [-0.15, -0.1) is 0 Å². The number of nitrogens with one attached hydrogen (secondary N) is 1. The van der Waals surface area contributed by atoms with E-state index in [-0.39, 0.29) is 0 Å². The molecule has 0 saturated heterocycles. The molecule has 96 valence electrons. The van der Waals surface area contributed by atoms with Crippen molar-refractivity contribution in [3.8, 4) is 5.75 Å². The lowest BCUT2D eigenvalue weighted by Crippen LogP contribution is -2.24. The van der Waals surface area contributed by atoms with Gasteiger partial charge in [0, 0.05) is 11.6 Å². The highest BCUT2D eigenvalue weighted by atomic mass is 16.5. The topological polar surface area (TPSA) is 24.5 Å². The number of methoxy groups -OCH3 is 1. The predicted molar refractivity (Wildman–Crippen MR) is 72.6 cm³/mol. The maximum absolute atomic E-state index is 5.36. The fourth-order valence-corrected chi connectivity index (χ4v) is 1.85. The molecular weight excluding hydrogens is 212 g/mol. The number of rotatable bonds is 7. The molecule has 17 heavy (non-hydrogen) atoms. The second kappa shape index (κ2) is 7.30. The van der Waals surface area contributed by atoms with E-state index in [2.05, 4.69) is 43.4 Å². The molecule has 3 nitrogen and oxygen atoms in total. The second-order valence-corrected chi connectivity index (χ2v) is 4.57. The van der Waals surface area contributed by atoms with Gasteiger partial charge in [-0.1, -0.05) is 18.2 Å². The van der Waals surface area contributed by atoms with E-state index in [1.807, 2.05) is 12.1 Å². The van der Waals surface area contributed by atoms with Gasteiger partial charge in [0.2, 0.25) is 0 Å². The van der Waals surface area contributed by atoms with Crippen LogP contribution >= 0.6 is 0 Å². The zero-order valence-electron chi connectivity index (χ0n) is 11.4. The van der Waals surface area contributed by atoms with E-state index >= 15 is 0 Å². The normalized spacial score (nSPS) is 12.8. The van der Waals surface area contributed by atoms with Crippen molar-refractivity contribution >= 4 is 0 Å². The zero-order chi connectivity index (χ0) is 12.7. The van der Waals surface area contributed by atoms with Crippen molar-refractivity contribution < 1.29 is 4.74 Å². The molecule has 0 fully saturated rings. The van der Waals surface area contributed by atoms with Gasteiger partial charge in [-0.05, 0) is 46.6 Å². The standard InChI is InChI=1S/C14H24N2O/c1-12(15-10-7-11-16(2)3)13-8-5-6-9-14(13)17-4/h5-6,8-9,12,15H,7,10-11H2,1-4H3/t12-/m1/s1. The van der Waals surface area contributed by atoms with Crippen LogP contribution in [0, 0.1) is 0 Å². The van der Waals surface area contributed by atoms with Crippen LogP contribution in [0.25, 0.3) is 0 Å². The molecule has 0 radical (unpaired) electrons. The molecular formula is C14H24N2O. The first-order valence-corrected chi connectivity index (χ1v) is 6.16. The maximum atomic E-state index is 5.36. The van der Waals surface area contributed by atoms with Crippen LogP contribution in [-0.4, -0.2) is 39.2 Å². The van der Waals surface area contributed by atoms with E-state index in [9.17, 15) is 0 Å². The monoisotopic (exact) mass is 236 g/mol. The van der Waals surface area contributed by atoms with Gasteiger partial charge in [0.05, 0.1) is 7.11 Å². The van der Waals surface area contributed by atoms with Crippen molar-refractivity contribution in [1.29, 1.82) is 0 Å². The molecule has 0 aliphatic carbocycles. The summed E-state index contributed by atoms with van der Waals surface area (Å²) >= 11 is 0. The third kappa shape index (κ3) is 4.75. The van der Waals surface area contributed by atoms with Gasteiger partial charge < -0.3 is 15.0 Å². The summed E-state index contributed by atoms with van der Waals surface area (Å²) in [6, 6.07) is 8.50. The summed E-state index contributed by atoms with van der Waals surface area (Å²) in [7, 11) is 5.92. The minimum atomic E-state index is 0.327. The molecule has 0 saturated carbocycles. The lowest BCUT2D eigenvalue weighted by molar-refractivity contribution is 0.382. The lowest BCUT2D eigenvalue weighted by atomic mass is 10.1. The molecule has 1 atom stereocenters. The summed E-state index contributed by atoms with van der Waals surface area (Å²) < 4.78 is 5.36. The first-order valence-electron chi connectivity index (χ1n) is 6.16. The van der Waals surface area contributed by atoms with Gasteiger partial charge in [-0.25, -0.2) is 0 Å². The first kappa shape index (κ1) is 14.0. The molecule has 0 bridgehead atoms. The summed E-state index contributed by atoms with van der Waals surface area (Å²) in [5.41, 5.74) is 1.22. The largest absolute Gasteiger partial charge is 0.496 e. The number of para-hydroxylation sites is 1. The Morgan fingerprint density at radius 2 is 2.00 bits per heavy atom. The van der Waals surface area contributed by atoms with Crippen LogP contribution in [0.2, 0.25) is 0 Å². The van der Waals surface area contributed by atoms with Crippen molar-refractivity contribution in [3.63, 3.8) is 0 Å². The molecule has 3 heteroatoms. The lowest BCUT2D eigenvalue weighted by Gasteiger charge is -2.18. The Morgan fingerprint density at radius 1 is 1.29 bits per heavy atom. The van der Waals surface area contributed by atoms with Crippen LogP contribution in [0.5, 0.6) is 5.75 Å². The third-order valence-electron chi connectivity index (χ3n) is 2.84. The number of nitrogens with zero attached hydrogens (tertiary/aromatic N) is 1. The number of ether oxygens (including phenoxy) is 1. The van der Waals surface area contributed by atoms with Gasteiger partial charge in [-0.2, -0.15) is 0 Å². The van der Waals surface area contributed by atoms with E-state index in [0.717, 1.165) is 25.3 Å². The molecule has 0 amide bonds. The molecule has 0 aliphatic rings. The average Bonchev–Trinajstić information content (AvgIpc) is 2.34. The van der Waals surface area contributed by atoms with Crippen molar-refractivity contribution in [2.75, 3.05) is 34.3 Å². The number of hydrogen-bond donors (Lipinski definition) is 1. The molecule has 1 aromatic carbocycles. The molecule has 1 N–H and O–H groups in total. The third-order valence-corrected chi connectivity index (χ3v) is 2.84. The molecule has 1 aromatic rings. The Kier molecular flexibility index (Phi) is 6.01. The fraction of sp³-hybridized carbons (Fsp3) is 0.571. The van der Waals surface area contributed by atoms with Gasteiger partial charge in [-0.3, -0.25) is 0 Å². The zero-order valence-corrected chi connectivity index (χ0v) is 11.4. The Labute approximate surface area is 105 Å². The van der Waals surface area contributed by atoms with Gasteiger partial charge in [0.1, 0.15) is 5.75 Å². The van der Waals surface area contributed by atoms with Crippen LogP contribution in [0.4, 0.5) is 0 Å². The first-order chi connectivity index (χ1) is 8.15. The van der Waals surface area contributed by atoms with Crippen LogP contribution < -0.4 is 10.1 Å². The quantitative estimate of drug-likeness (QED) is 0.735. The number of hydrogen-bond acceptors (Lipinski definition) is 3.